The maximum atomic E-state index is 12.3. The van der Waals surface area contributed by atoms with Crippen molar-refractivity contribution < 1.29 is 4.79 Å². The number of nitrogens with one attached hydrogen (secondary N) is 2. The smallest absolute Gasteiger partial charge is 0.251 e. The molecule has 2 rings (SSSR count). The molecule has 9 heteroatoms. The molecule has 0 saturated carbocycles. The van der Waals surface area contributed by atoms with Crippen LogP contribution in [0.3, 0.4) is 0 Å². The number of benzene rings is 2. The van der Waals surface area contributed by atoms with E-state index in [2.05, 4.69) is 15.6 Å². The zero-order valence-corrected chi connectivity index (χ0v) is 21.1. The maximum Gasteiger partial charge on any atom is 0.251 e. The van der Waals surface area contributed by atoms with Crippen molar-refractivity contribution in [2.75, 3.05) is 27.2 Å². The number of guanidine groups is 1. The molecule has 1 atom stereocenters. The standard InChI is InChI=1S/C21H27Cl2N5O.HI/c1-14(18-8-7-17(22)12-19(18)23)27-21(24)26-13-15-5-4-6-16(11-15)20(29)25-9-10-28(2)3;/h4-8,11-12,14H,9-10,13H2,1-3H3,(H,25,29)(H3,24,26,27);1H. The van der Waals surface area contributed by atoms with E-state index in [0.29, 0.717) is 34.7 Å². The van der Waals surface area contributed by atoms with E-state index in [4.69, 9.17) is 28.9 Å². The van der Waals surface area contributed by atoms with Gasteiger partial charge in [-0.2, -0.15) is 0 Å². The van der Waals surface area contributed by atoms with E-state index in [9.17, 15) is 4.79 Å². The van der Waals surface area contributed by atoms with Gasteiger partial charge in [-0.05, 0) is 56.4 Å². The first-order valence-corrected chi connectivity index (χ1v) is 10.0. The monoisotopic (exact) mass is 563 g/mol. The molecule has 2 aromatic rings. The van der Waals surface area contributed by atoms with Crippen molar-refractivity contribution in [3.8, 4) is 0 Å². The Bertz CT molecular complexity index is 876. The van der Waals surface area contributed by atoms with Gasteiger partial charge in [-0.25, -0.2) is 4.99 Å². The van der Waals surface area contributed by atoms with Crippen LogP contribution in [0.1, 0.15) is 34.5 Å². The third kappa shape index (κ3) is 8.67. The van der Waals surface area contributed by atoms with Gasteiger partial charge in [0.05, 0.1) is 12.6 Å². The van der Waals surface area contributed by atoms with Gasteiger partial charge in [-0.1, -0.05) is 41.4 Å². The highest BCUT2D eigenvalue weighted by molar-refractivity contribution is 14.0. The zero-order valence-electron chi connectivity index (χ0n) is 17.3. The molecule has 0 aliphatic heterocycles. The lowest BCUT2D eigenvalue weighted by atomic mass is 10.1. The minimum Gasteiger partial charge on any atom is -0.370 e. The van der Waals surface area contributed by atoms with Gasteiger partial charge in [-0.15, -0.1) is 24.0 Å². The topological polar surface area (TPSA) is 82.7 Å². The molecule has 1 amide bonds. The van der Waals surface area contributed by atoms with Crippen LogP contribution in [0.2, 0.25) is 10.0 Å². The van der Waals surface area contributed by atoms with Crippen LogP contribution < -0.4 is 16.4 Å². The largest absolute Gasteiger partial charge is 0.370 e. The summed E-state index contributed by atoms with van der Waals surface area (Å²) in [6.07, 6.45) is 0. The van der Waals surface area contributed by atoms with E-state index >= 15 is 0 Å². The minimum atomic E-state index is -0.127. The molecule has 0 fully saturated rings. The quantitative estimate of drug-likeness (QED) is 0.257. The number of likely N-dealkylation sites (N-methyl/N-ethyl adjacent to an activating group) is 1. The van der Waals surface area contributed by atoms with Crippen molar-refractivity contribution in [1.82, 2.24) is 15.5 Å². The zero-order chi connectivity index (χ0) is 21.4. The highest BCUT2D eigenvalue weighted by atomic mass is 127. The second-order valence-corrected chi connectivity index (χ2v) is 7.84. The van der Waals surface area contributed by atoms with E-state index in [0.717, 1.165) is 17.7 Å². The molecule has 1 unspecified atom stereocenters. The Morgan fingerprint density at radius 3 is 2.60 bits per heavy atom. The SMILES string of the molecule is CC(NC(N)=NCc1cccc(C(=O)NCCN(C)C)c1)c1ccc(Cl)cc1Cl.I. The molecule has 0 heterocycles. The molecule has 0 saturated heterocycles. The Kier molecular flexibility index (Phi) is 11.5. The molecular formula is C21H28Cl2IN5O. The summed E-state index contributed by atoms with van der Waals surface area (Å²) in [5, 5.41) is 7.17. The number of hydrogen-bond donors (Lipinski definition) is 3. The van der Waals surface area contributed by atoms with Crippen LogP contribution in [0, 0.1) is 0 Å². The van der Waals surface area contributed by atoms with Crippen molar-refractivity contribution in [2.45, 2.75) is 19.5 Å². The fourth-order valence-electron chi connectivity index (χ4n) is 2.68. The third-order valence-corrected chi connectivity index (χ3v) is 4.82. The lowest BCUT2D eigenvalue weighted by molar-refractivity contribution is 0.0951. The number of amides is 1. The fraction of sp³-hybridized carbons (Fsp3) is 0.333. The van der Waals surface area contributed by atoms with E-state index in [-0.39, 0.29) is 35.9 Å². The van der Waals surface area contributed by atoms with Gasteiger partial charge in [-0.3, -0.25) is 4.79 Å². The highest BCUT2D eigenvalue weighted by Gasteiger charge is 2.11. The van der Waals surface area contributed by atoms with Crippen molar-refractivity contribution in [3.63, 3.8) is 0 Å². The van der Waals surface area contributed by atoms with Crippen LogP contribution in [0.15, 0.2) is 47.5 Å². The summed E-state index contributed by atoms with van der Waals surface area (Å²) in [6, 6.07) is 12.6. The molecule has 0 radical (unpaired) electrons. The predicted octanol–water partition coefficient (Wildman–Crippen LogP) is 4.07. The van der Waals surface area contributed by atoms with Crippen LogP contribution in [-0.2, 0) is 6.54 Å². The van der Waals surface area contributed by atoms with E-state index < -0.39 is 0 Å². The molecule has 6 nitrogen and oxygen atoms in total. The van der Waals surface area contributed by atoms with Crippen LogP contribution in [0.4, 0.5) is 0 Å². The summed E-state index contributed by atoms with van der Waals surface area (Å²) in [7, 11) is 3.93. The lowest BCUT2D eigenvalue weighted by Crippen LogP contribution is -2.34. The first kappa shape index (κ1) is 26.5. The molecule has 0 spiro atoms. The van der Waals surface area contributed by atoms with Gasteiger partial charge in [0, 0.05) is 28.7 Å². The summed E-state index contributed by atoms with van der Waals surface area (Å²) >= 11 is 12.2. The summed E-state index contributed by atoms with van der Waals surface area (Å²) in [5.41, 5.74) is 8.39. The Morgan fingerprint density at radius 1 is 1.20 bits per heavy atom. The van der Waals surface area contributed by atoms with Crippen LogP contribution in [-0.4, -0.2) is 44.0 Å². The van der Waals surface area contributed by atoms with E-state index in [1.54, 1.807) is 18.2 Å². The molecule has 0 aliphatic rings. The van der Waals surface area contributed by atoms with Crippen LogP contribution in [0.25, 0.3) is 0 Å². The summed E-state index contributed by atoms with van der Waals surface area (Å²) in [6.45, 7) is 3.68. The second-order valence-electron chi connectivity index (χ2n) is 6.99. The first-order valence-electron chi connectivity index (χ1n) is 9.29. The molecule has 30 heavy (non-hydrogen) atoms. The average molecular weight is 564 g/mol. The van der Waals surface area contributed by atoms with Crippen molar-refractivity contribution in [1.29, 1.82) is 0 Å². The Balaban J connectivity index is 0.00000450. The van der Waals surface area contributed by atoms with Gasteiger partial charge < -0.3 is 21.3 Å². The van der Waals surface area contributed by atoms with Gasteiger partial charge in [0.1, 0.15) is 0 Å². The molecule has 164 valence electrons. The number of nitrogens with two attached hydrogens (primary N) is 1. The van der Waals surface area contributed by atoms with Gasteiger partial charge >= 0.3 is 0 Å². The highest BCUT2D eigenvalue weighted by Crippen LogP contribution is 2.25. The number of nitrogens with zero attached hydrogens (tertiary/aromatic N) is 2. The van der Waals surface area contributed by atoms with Crippen molar-refractivity contribution >= 4 is 59.0 Å². The van der Waals surface area contributed by atoms with Gasteiger partial charge in [0.15, 0.2) is 5.96 Å². The van der Waals surface area contributed by atoms with Crippen molar-refractivity contribution in [3.05, 3.63) is 69.2 Å². The van der Waals surface area contributed by atoms with Crippen molar-refractivity contribution in [2.24, 2.45) is 10.7 Å². The van der Waals surface area contributed by atoms with Crippen LogP contribution >= 0.6 is 47.2 Å². The summed E-state index contributed by atoms with van der Waals surface area (Å²) in [4.78, 5) is 18.6. The molecule has 0 bridgehead atoms. The number of aliphatic imine (C=N–C) groups is 1. The number of carbonyl (C=O) groups excluding carboxylic acids is 1. The van der Waals surface area contributed by atoms with E-state index in [1.807, 2.05) is 50.2 Å². The average Bonchev–Trinajstić information content (AvgIpc) is 2.66. The lowest BCUT2D eigenvalue weighted by Gasteiger charge is -2.16. The summed E-state index contributed by atoms with van der Waals surface area (Å²) in [5.74, 6) is 0.194. The second kappa shape index (κ2) is 13.0. The molecule has 0 aliphatic carbocycles. The number of carbonyl (C=O) groups is 1. The van der Waals surface area contributed by atoms with E-state index in [1.165, 1.54) is 0 Å². The van der Waals surface area contributed by atoms with Gasteiger partial charge in [0.2, 0.25) is 0 Å². The Hall–Kier alpha value is -1.55. The first-order chi connectivity index (χ1) is 13.8. The number of halogens is 3. The predicted molar refractivity (Wildman–Crippen MR) is 136 cm³/mol. The molecular weight excluding hydrogens is 536 g/mol. The maximum absolute atomic E-state index is 12.3. The fourth-order valence-corrected chi connectivity index (χ4v) is 3.25. The van der Waals surface area contributed by atoms with Gasteiger partial charge in [0.25, 0.3) is 5.91 Å². The number of rotatable bonds is 8. The minimum absolute atomic E-state index is 0. The van der Waals surface area contributed by atoms with Crippen LogP contribution in [0.5, 0.6) is 0 Å². The Morgan fingerprint density at radius 2 is 1.93 bits per heavy atom. The molecule has 4 N–H and O–H groups in total. The molecule has 0 aromatic heterocycles. The normalized spacial score (nSPS) is 12.3. The number of hydrogen-bond acceptors (Lipinski definition) is 3. The molecule has 2 aromatic carbocycles. The summed E-state index contributed by atoms with van der Waals surface area (Å²) < 4.78 is 0. The Labute approximate surface area is 205 Å². The third-order valence-electron chi connectivity index (χ3n) is 4.26.